The van der Waals surface area contributed by atoms with Crippen LogP contribution in [0, 0.1) is 0 Å². The summed E-state index contributed by atoms with van der Waals surface area (Å²) in [6.07, 6.45) is 2.48. The van der Waals surface area contributed by atoms with E-state index in [1.807, 2.05) is 24.4 Å². The van der Waals surface area contributed by atoms with E-state index in [-0.39, 0.29) is 0 Å². The van der Waals surface area contributed by atoms with E-state index in [4.69, 9.17) is 10.5 Å². The number of carbonyl (C=O) groups is 1. The number of rotatable bonds is 5. The van der Waals surface area contributed by atoms with Crippen LogP contribution >= 0.6 is 0 Å². The second-order valence-electron chi connectivity index (χ2n) is 4.66. The minimum Gasteiger partial charge on any atom is -0.497 e. The molecule has 108 valence electrons. The van der Waals surface area contributed by atoms with Gasteiger partial charge in [0, 0.05) is 30.1 Å². The Morgan fingerprint density at radius 2 is 2.15 bits per heavy atom. The molecule has 0 saturated heterocycles. The van der Waals surface area contributed by atoms with Crippen molar-refractivity contribution >= 4 is 16.9 Å². The summed E-state index contributed by atoms with van der Waals surface area (Å²) >= 11 is 0. The highest BCUT2D eigenvalue weighted by Gasteiger charge is 2.18. The Balaban J connectivity index is 2.43. The van der Waals surface area contributed by atoms with Crippen LogP contribution < -0.4 is 10.5 Å². The van der Waals surface area contributed by atoms with Crippen LogP contribution in [-0.2, 0) is 22.5 Å². The normalized spacial score (nSPS) is 12.4. The minimum absolute atomic E-state index is 0.398. The van der Waals surface area contributed by atoms with Gasteiger partial charge in [0.15, 0.2) is 0 Å². The number of aryl methyl sites for hydroxylation is 1. The third-order valence-electron chi connectivity index (χ3n) is 3.46. The monoisotopic (exact) mass is 276 g/mol. The second kappa shape index (κ2) is 5.96. The molecule has 0 saturated carbocycles. The first-order valence-electron chi connectivity index (χ1n) is 6.59. The van der Waals surface area contributed by atoms with Crippen molar-refractivity contribution in [1.29, 1.82) is 0 Å². The Morgan fingerprint density at radius 1 is 1.40 bits per heavy atom. The van der Waals surface area contributed by atoms with Gasteiger partial charge in [0.25, 0.3) is 0 Å². The van der Waals surface area contributed by atoms with Gasteiger partial charge in [-0.25, -0.2) is 0 Å². The maximum absolute atomic E-state index is 11.5. The van der Waals surface area contributed by atoms with E-state index in [2.05, 4.69) is 16.2 Å². The number of esters is 1. The van der Waals surface area contributed by atoms with E-state index >= 15 is 0 Å². The lowest BCUT2D eigenvalue weighted by Crippen LogP contribution is -2.33. The molecule has 0 bridgehead atoms. The summed E-state index contributed by atoms with van der Waals surface area (Å²) in [4.78, 5) is 11.5. The minimum atomic E-state index is -0.651. The quantitative estimate of drug-likeness (QED) is 0.844. The van der Waals surface area contributed by atoms with E-state index in [9.17, 15) is 4.79 Å². The maximum Gasteiger partial charge on any atom is 0.322 e. The molecule has 0 fully saturated rings. The molecule has 20 heavy (non-hydrogen) atoms. The lowest BCUT2D eigenvalue weighted by Gasteiger charge is -2.08. The summed E-state index contributed by atoms with van der Waals surface area (Å²) in [7, 11) is 2.98. The lowest BCUT2D eigenvalue weighted by molar-refractivity contribution is -0.142. The standard InChI is InChI=1S/C15H20N2O3/c1-4-17-9-10(7-13(16)15(18)20-3)12-8-11(19-2)5-6-14(12)17/h5-6,8-9,13H,4,7,16H2,1-3H3. The van der Waals surface area contributed by atoms with Gasteiger partial charge in [0.05, 0.1) is 14.2 Å². The Morgan fingerprint density at radius 3 is 2.75 bits per heavy atom. The third kappa shape index (κ3) is 2.63. The van der Waals surface area contributed by atoms with Crippen LogP contribution in [0.15, 0.2) is 24.4 Å². The fourth-order valence-corrected chi connectivity index (χ4v) is 2.37. The molecule has 2 aromatic rings. The molecular weight excluding hydrogens is 256 g/mol. The highest BCUT2D eigenvalue weighted by Crippen LogP contribution is 2.27. The molecule has 1 unspecified atom stereocenters. The van der Waals surface area contributed by atoms with Crippen LogP contribution in [0.25, 0.3) is 10.9 Å². The Bertz CT molecular complexity index is 619. The molecule has 0 aliphatic rings. The van der Waals surface area contributed by atoms with E-state index in [0.29, 0.717) is 6.42 Å². The Kier molecular flexibility index (Phi) is 4.29. The lowest BCUT2D eigenvalue weighted by atomic mass is 10.1. The van der Waals surface area contributed by atoms with Crippen LogP contribution in [0.1, 0.15) is 12.5 Å². The maximum atomic E-state index is 11.5. The number of methoxy groups -OCH3 is 2. The summed E-state index contributed by atoms with van der Waals surface area (Å²) in [5, 5.41) is 1.06. The molecule has 5 heteroatoms. The predicted octanol–water partition coefficient (Wildman–Crippen LogP) is 1.71. The van der Waals surface area contributed by atoms with Gasteiger partial charge in [-0.15, -0.1) is 0 Å². The first-order chi connectivity index (χ1) is 9.60. The van der Waals surface area contributed by atoms with Crippen LogP contribution in [0.4, 0.5) is 0 Å². The van der Waals surface area contributed by atoms with Crippen molar-refractivity contribution in [2.45, 2.75) is 25.9 Å². The molecule has 0 spiro atoms. The molecule has 5 nitrogen and oxygen atoms in total. The number of hydrogen-bond acceptors (Lipinski definition) is 4. The van der Waals surface area contributed by atoms with Gasteiger partial charge in [-0.3, -0.25) is 4.79 Å². The number of benzene rings is 1. The van der Waals surface area contributed by atoms with Gasteiger partial charge < -0.3 is 19.8 Å². The molecule has 2 N–H and O–H groups in total. The van der Waals surface area contributed by atoms with Crippen LogP contribution in [-0.4, -0.2) is 30.8 Å². The van der Waals surface area contributed by atoms with E-state index < -0.39 is 12.0 Å². The molecule has 0 radical (unpaired) electrons. The Hall–Kier alpha value is -2.01. The van der Waals surface area contributed by atoms with Crippen molar-refractivity contribution in [2.24, 2.45) is 5.73 Å². The predicted molar refractivity (Wildman–Crippen MR) is 77.9 cm³/mol. The molecule has 1 atom stereocenters. The Labute approximate surface area is 118 Å². The van der Waals surface area contributed by atoms with Crippen LogP contribution in [0.5, 0.6) is 5.75 Å². The molecule has 1 aromatic heterocycles. The van der Waals surface area contributed by atoms with Crippen molar-refractivity contribution in [3.8, 4) is 5.75 Å². The SMILES string of the molecule is CCn1cc(CC(N)C(=O)OC)c2cc(OC)ccc21. The highest BCUT2D eigenvalue weighted by atomic mass is 16.5. The summed E-state index contributed by atoms with van der Waals surface area (Å²) in [6, 6.07) is 5.27. The van der Waals surface area contributed by atoms with Crippen molar-refractivity contribution in [3.05, 3.63) is 30.0 Å². The van der Waals surface area contributed by atoms with E-state index in [1.54, 1.807) is 7.11 Å². The number of nitrogens with two attached hydrogens (primary N) is 1. The largest absolute Gasteiger partial charge is 0.497 e. The number of hydrogen-bond donors (Lipinski definition) is 1. The van der Waals surface area contributed by atoms with Crippen molar-refractivity contribution < 1.29 is 14.3 Å². The summed E-state index contributed by atoms with van der Waals surface area (Å²) in [5.74, 6) is 0.393. The number of aromatic nitrogens is 1. The van der Waals surface area contributed by atoms with E-state index in [1.165, 1.54) is 7.11 Å². The second-order valence-corrected chi connectivity index (χ2v) is 4.66. The molecule has 2 rings (SSSR count). The number of nitrogens with zero attached hydrogens (tertiary/aromatic N) is 1. The molecular formula is C15H20N2O3. The first kappa shape index (κ1) is 14.4. The van der Waals surface area contributed by atoms with Crippen LogP contribution in [0.3, 0.4) is 0 Å². The third-order valence-corrected chi connectivity index (χ3v) is 3.46. The summed E-state index contributed by atoms with van der Waals surface area (Å²) in [5.41, 5.74) is 7.99. The van der Waals surface area contributed by atoms with Gasteiger partial charge in [-0.2, -0.15) is 0 Å². The summed E-state index contributed by atoms with van der Waals surface area (Å²) < 4.78 is 12.1. The smallest absolute Gasteiger partial charge is 0.322 e. The van der Waals surface area contributed by atoms with Gasteiger partial charge >= 0.3 is 5.97 Å². The number of ether oxygens (including phenoxy) is 2. The first-order valence-corrected chi connectivity index (χ1v) is 6.59. The molecule has 1 aromatic carbocycles. The van der Waals surface area contributed by atoms with Gasteiger partial charge in [0.2, 0.25) is 0 Å². The molecule has 1 heterocycles. The van der Waals surface area contributed by atoms with Gasteiger partial charge in [-0.05, 0) is 30.7 Å². The average molecular weight is 276 g/mol. The fourth-order valence-electron chi connectivity index (χ4n) is 2.37. The van der Waals surface area contributed by atoms with Crippen molar-refractivity contribution in [2.75, 3.05) is 14.2 Å². The van der Waals surface area contributed by atoms with E-state index in [0.717, 1.165) is 28.8 Å². The molecule has 0 aliphatic heterocycles. The molecule has 0 amide bonds. The topological polar surface area (TPSA) is 66.5 Å². The number of carbonyl (C=O) groups excluding carboxylic acids is 1. The van der Waals surface area contributed by atoms with Crippen molar-refractivity contribution in [3.63, 3.8) is 0 Å². The van der Waals surface area contributed by atoms with Gasteiger partial charge in [-0.1, -0.05) is 0 Å². The summed E-state index contributed by atoms with van der Waals surface area (Å²) in [6.45, 7) is 2.93. The number of fused-ring (bicyclic) bond motifs is 1. The zero-order valence-electron chi connectivity index (χ0n) is 12.1. The zero-order valence-corrected chi connectivity index (χ0v) is 12.1. The zero-order chi connectivity index (χ0) is 14.7. The highest BCUT2D eigenvalue weighted by molar-refractivity contribution is 5.86. The molecule has 0 aliphatic carbocycles. The fraction of sp³-hybridized carbons (Fsp3) is 0.400. The van der Waals surface area contributed by atoms with Crippen LogP contribution in [0.2, 0.25) is 0 Å². The average Bonchev–Trinajstić information content (AvgIpc) is 2.83. The van der Waals surface area contributed by atoms with Crippen molar-refractivity contribution in [1.82, 2.24) is 4.57 Å². The van der Waals surface area contributed by atoms with Gasteiger partial charge in [0.1, 0.15) is 11.8 Å².